The number of nitrogens with two attached hydrogens (primary N) is 1. The van der Waals surface area contributed by atoms with Crippen LogP contribution in [0.3, 0.4) is 0 Å². The second kappa shape index (κ2) is 4.43. The first-order valence-electron chi connectivity index (χ1n) is 2.34. The van der Waals surface area contributed by atoms with Crippen LogP contribution in [0.25, 0.3) is 0 Å². The van der Waals surface area contributed by atoms with E-state index in [2.05, 4.69) is 17.9 Å². The van der Waals surface area contributed by atoms with E-state index >= 15 is 0 Å². The molecule has 0 radical (unpaired) electrons. The zero-order valence-electron chi connectivity index (χ0n) is 4.52. The zero-order chi connectivity index (χ0) is 5.70. The van der Waals surface area contributed by atoms with E-state index in [1.807, 2.05) is 7.05 Å². The molecular weight excluding hydrogens is 108 g/mol. The highest BCUT2D eigenvalue weighted by Crippen LogP contribution is 1.85. The Labute approximate surface area is 49.9 Å². The van der Waals surface area contributed by atoms with Crippen molar-refractivity contribution in [1.82, 2.24) is 5.32 Å². The first-order chi connectivity index (χ1) is 3.31. The Morgan fingerprint density at radius 3 is 2.57 bits per heavy atom. The standard InChI is InChI=1S/C4H12N2S/c1-6-3-4(7)2-5/h4,6-7H,2-3,5H2,1H3. The van der Waals surface area contributed by atoms with Gasteiger partial charge in [-0.25, -0.2) is 0 Å². The maximum atomic E-state index is 5.24. The Morgan fingerprint density at radius 1 is 1.86 bits per heavy atom. The average Bonchev–Trinajstić information content (AvgIpc) is 1.68. The molecule has 0 heterocycles. The van der Waals surface area contributed by atoms with E-state index < -0.39 is 0 Å². The van der Waals surface area contributed by atoms with Crippen molar-refractivity contribution in [2.24, 2.45) is 5.73 Å². The van der Waals surface area contributed by atoms with Crippen molar-refractivity contribution in [3.8, 4) is 0 Å². The third-order valence-corrected chi connectivity index (χ3v) is 1.11. The third-order valence-electron chi connectivity index (χ3n) is 0.712. The van der Waals surface area contributed by atoms with Crippen molar-refractivity contribution in [3.63, 3.8) is 0 Å². The summed E-state index contributed by atoms with van der Waals surface area (Å²) >= 11 is 4.12. The molecule has 0 aliphatic heterocycles. The van der Waals surface area contributed by atoms with Crippen LogP contribution in [0.4, 0.5) is 0 Å². The molecule has 0 saturated carbocycles. The van der Waals surface area contributed by atoms with Crippen molar-refractivity contribution in [2.45, 2.75) is 5.25 Å². The number of nitrogens with one attached hydrogen (secondary N) is 1. The SMILES string of the molecule is CNCC(S)CN. The molecule has 1 atom stereocenters. The number of hydrogen-bond acceptors (Lipinski definition) is 3. The first kappa shape index (κ1) is 7.27. The highest BCUT2D eigenvalue weighted by molar-refractivity contribution is 7.81. The van der Waals surface area contributed by atoms with E-state index in [0.717, 1.165) is 6.54 Å². The molecule has 0 spiro atoms. The fourth-order valence-electron chi connectivity index (χ4n) is 0.319. The summed E-state index contributed by atoms with van der Waals surface area (Å²) in [6, 6.07) is 0. The van der Waals surface area contributed by atoms with Crippen LogP contribution in [0.1, 0.15) is 0 Å². The zero-order valence-corrected chi connectivity index (χ0v) is 5.41. The second-order valence-electron chi connectivity index (χ2n) is 1.45. The topological polar surface area (TPSA) is 38.0 Å². The van der Waals surface area contributed by atoms with Crippen LogP contribution in [0, 0.1) is 0 Å². The third kappa shape index (κ3) is 4.12. The largest absolute Gasteiger partial charge is 0.329 e. The summed E-state index contributed by atoms with van der Waals surface area (Å²) in [5.74, 6) is 0. The molecule has 44 valence electrons. The molecule has 2 nitrogen and oxygen atoms in total. The van der Waals surface area contributed by atoms with Crippen molar-refractivity contribution >= 4 is 12.6 Å². The van der Waals surface area contributed by atoms with Crippen LogP contribution in [-0.2, 0) is 0 Å². The summed E-state index contributed by atoms with van der Waals surface area (Å²) in [4.78, 5) is 0. The highest BCUT2D eigenvalue weighted by atomic mass is 32.1. The fraction of sp³-hybridized carbons (Fsp3) is 1.00. The summed E-state index contributed by atoms with van der Waals surface area (Å²) in [5.41, 5.74) is 5.24. The molecule has 0 rings (SSSR count). The van der Waals surface area contributed by atoms with Gasteiger partial charge in [-0.1, -0.05) is 0 Å². The first-order valence-corrected chi connectivity index (χ1v) is 2.85. The number of hydrogen-bond donors (Lipinski definition) is 3. The summed E-state index contributed by atoms with van der Waals surface area (Å²) in [7, 11) is 1.89. The van der Waals surface area contributed by atoms with Gasteiger partial charge < -0.3 is 11.1 Å². The van der Waals surface area contributed by atoms with E-state index in [9.17, 15) is 0 Å². The van der Waals surface area contributed by atoms with Gasteiger partial charge in [0, 0.05) is 18.3 Å². The molecule has 7 heavy (non-hydrogen) atoms. The number of rotatable bonds is 3. The summed E-state index contributed by atoms with van der Waals surface area (Å²) in [6.45, 7) is 1.53. The lowest BCUT2D eigenvalue weighted by atomic mass is 10.4. The van der Waals surface area contributed by atoms with E-state index in [4.69, 9.17) is 5.73 Å². The van der Waals surface area contributed by atoms with E-state index in [1.165, 1.54) is 0 Å². The molecule has 0 bridgehead atoms. The molecule has 0 aliphatic rings. The Balaban J connectivity index is 2.83. The van der Waals surface area contributed by atoms with Crippen molar-refractivity contribution in [2.75, 3.05) is 20.1 Å². The van der Waals surface area contributed by atoms with Gasteiger partial charge >= 0.3 is 0 Å². The van der Waals surface area contributed by atoms with Crippen LogP contribution in [-0.4, -0.2) is 25.4 Å². The van der Waals surface area contributed by atoms with Gasteiger partial charge in [0.15, 0.2) is 0 Å². The normalized spacial score (nSPS) is 14.1. The van der Waals surface area contributed by atoms with Gasteiger partial charge in [-0.3, -0.25) is 0 Å². The predicted molar refractivity (Wildman–Crippen MR) is 35.8 cm³/mol. The molecule has 3 N–H and O–H groups in total. The van der Waals surface area contributed by atoms with Crippen LogP contribution >= 0.6 is 12.6 Å². The van der Waals surface area contributed by atoms with Crippen LogP contribution in [0.5, 0.6) is 0 Å². The quantitative estimate of drug-likeness (QED) is 0.438. The van der Waals surface area contributed by atoms with Gasteiger partial charge in [-0.15, -0.1) is 0 Å². The van der Waals surface area contributed by atoms with Gasteiger partial charge in [0.2, 0.25) is 0 Å². The molecule has 0 aromatic heterocycles. The number of thiol groups is 1. The van der Waals surface area contributed by atoms with Gasteiger partial charge in [-0.2, -0.15) is 12.6 Å². The average molecular weight is 120 g/mol. The molecule has 3 heteroatoms. The predicted octanol–water partition coefficient (Wildman–Crippen LogP) is -0.537. The van der Waals surface area contributed by atoms with Crippen LogP contribution in [0.2, 0.25) is 0 Å². The molecular formula is C4H12N2S. The Bertz CT molecular complexity index is 40.7. The van der Waals surface area contributed by atoms with Crippen molar-refractivity contribution < 1.29 is 0 Å². The molecule has 0 saturated heterocycles. The highest BCUT2D eigenvalue weighted by Gasteiger charge is 1.93. The lowest BCUT2D eigenvalue weighted by molar-refractivity contribution is 0.751. The fourth-order valence-corrected chi connectivity index (χ4v) is 0.502. The van der Waals surface area contributed by atoms with Crippen molar-refractivity contribution in [3.05, 3.63) is 0 Å². The summed E-state index contributed by atoms with van der Waals surface area (Å²) in [6.07, 6.45) is 0. The summed E-state index contributed by atoms with van der Waals surface area (Å²) in [5, 5.41) is 3.27. The monoisotopic (exact) mass is 120 g/mol. The maximum Gasteiger partial charge on any atom is 0.0264 e. The smallest absolute Gasteiger partial charge is 0.0264 e. The van der Waals surface area contributed by atoms with Gasteiger partial charge in [0.05, 0.1) is 0 Å². The van der Waals surface area contributed by atoms with Crippen molar-refractivity contribution in [1.29, 1.82) is 0 Å². The lowest BCUT2D eigenvalue weighted by Gasteiger charge is -2.03. The maximum absolute atomic E-state index is 5.24. The van der Waals surface area contributed by atoms with Gasteiger partial charge in [0.25, 0.3) is 0 Å². The minimum absolute atomic E-state index is 0.310. The van der Waals surface area contributed by atoms with E-state index in [0.29, 0.717) is 11.8 Å². The lowest BCUT2D eigenvalue weighted by Crippen LogP contribution is -2.25. The Hall–Kier alpha value is 0.270. The Morgan fingerprint density at radius 2 is 2.43 bits per heavy atom. The molecule has 0 fully saturated rings. The molecule has 0 aliphatic carbocycles. The second-order valence-corrected chi connectivity index (χ2v) is 2.18. The van der Waals surface area contributed by atoms with Crippen LogP contribution in [0.15, 0.2) is 0 Å². The minimum Gasteiger partial charge on any atom is -0.329 e. The Kier molecular flexibility index (Phi) is 4.60. The van der Waals surface area contributed by atoms with E-state index in [-0.39, 0.29) is 0 Å². The minimum atomic E-state index is 0.310. The molecule has 0 amide bonds. The molecule has 0 aromatic carbocycles. The van der Waals surface area contributed by atoms with Crippen LogP contribution < -0.4 is 11.1 Å². The molecule has 1 unspecified atom stereocenters. The van der Waals surface area contributed by atoms with E-state index in [1.54, 1.807) is 0 Å². The summed E-state index contributed by atoms with van der Waals surface area (Å²) < 4.78 is 0. The van der Waals surface area contributed by atoms with Gasteiger partial charge in [0.1, 0.15) is 0 Å². The van der Waals surface area contributed by atoms with Gasteiger partial charge in [-0.05, 0) is 7.05 Å². The molecule has 0 aromatic rings.